The third-order valence-corrected chi connectivity index (χ3v) is 6.72. The van der Waals surface area contributed by atoms with Crippen molar-refractivity contribution in [3.8, 4) is 17.2 Å². The first kappa shape index (κ1) is 25.6. The van der Waals surface area contributed by atoms with E-state index in [1.165, 1.54) is 0 Å². The molecule has 0 bridgehead atoms. The third-order valence-electron chi connectivity index (χ3n) is 6.72. The standard InChI is InChI=1S/C28H34N2O6/c1-4-17-36-22-12-9-20(18-23(22)35-3)25-24(26(31)19-7-10-21(34-2)11-8-19)27(32)28(33)30(25)16-15-29-13-5-6-14-29/h7-12,18,25,31H,4-6,13-17H2,1-3H3/b26-24+. The van der Waals surface area contributed by atoms with Crippen molar-refractivity contribution >= 4 is 17.4 Å². The topological polar surface area (TPSA) is 88.5 Å². The molecule has 0 saturated carbocycles. The van der Waals surface area contributed by atoms with Crippen LogP contribution in [0.2, 0.25) is 0 Å². The molecule has 1 unspecified atom stereocenters. The van der Waals surface area contributed by atoms with E-state index in [2.05, 4.69) is 4.90 Å². The number of hydrogen-bond donors (Lipinski definition) is 1. The Bertz CT molecular complexity index is 1120. The zero-order valence-electron chi connectivity index (χ0n) is 21.2. The van der Waals surface area contributed by atoms with Gasteiger partial charge >= 0.3 is 0 Å². The maximum absolute atomic E-state index is 13.3. The van der Waals surface area contributed by atoms with Crippen molar-refractivity contribution in [2.45, 2.75) is 32.2 Å². The van der Waals surface area contributed by atoms with E-state index in [-0.39, 0.29) is 11.3 Å². The fourth-order valence-corrected chi connectivity index (χ4v) is 4.80. The number of rotatable bonds is 10. The SMILES string of the molecule is CCCOc1ccc(C2/C(=C(\O)c3ccc(OC)cc3)C(=O)C(=O)N2CCN2CCCC2)cc1OC. The number of carbonyl (C=O) groups excluding carboxylic acids is 2. The Morgan fingerprint density at radius 2 is 1.69 bits per heavy atom. The van der Waals surface area contributed by atoms with Crippen LogP contribution >= 0.6 is 0 Å². The van der Waals surface area contributed by atoms with Crippen LogP contribution in [0.1, 0.15) is 43.4 Å². The number of benzene rings is 2. The van der Waals surface area contributed by atoms with Gasteiger partial charge in [-0.1, -0.05) is 13.0 Å². The Morgan fingerprint density at radius 1 is 0.972 bits per heavy atom. The van der Waals surface area contributed by atoms with Gasteiger partial charge in [0.25, 0.3) is 11.7 Å². The van der Waals surface area contributed by atoms with Gasteiger partial charge in [-0.25, -0.2) is 0 Å². The second-order valence-electron chi connectivity index (χ2n) is 9.03. The first-order valence-corrected chi connectivity index (χ1v) is 12.4. The van der Waals surface area contributed by atoms with E-state index in [0.717, 1.165) is 32.4 Å². The van der Waals surface area contributed by atoms with Gasteiger partial charge in [0.05, 0.1) is 32.4 Å². The van der Waals surface area contributed by atoms with E-state index < -0.39 is 17.7 Å². The van der Waals surface area contributed by atoms with E-state index >= 15 is 0 Å². The average molecular weight is 495 g/mol. The molecule has 0 aromatic heterocycles. The summed E-state index contributed by atoms with van der Waals surface area (Å²) in [5.74, 6) is 0.207. The molecular weight excluding hydrogens is 460 g/mol. The van der Waals surface area contributed by atoms with Gasteiger partial charge in [0.2, 0.25) is 0 Å². The zero-order valence-corrected chi connectivity index (χ0v) is 21.2. The summed E-state index contributed by atoms with van der Waals surface area (Å²) in [6, 6.07) is 11.4. The van der Waals surface area contributed by atoms with Crippen LogP contribution in [0.5, 0.6) is 17.2 Å². The van der Waals surface area contributed by atoms with Crippen molar-refractivity contribution in [3.05, 3.63) is 59.2 Å². The number of carbonyl (C=O) groups is 2. The Balaban J connectivity index is 1.77. The summed E-state index contributed by atoms with van der Waals surface area (Å²) < 4.78 is 16.6. The summed E-state index contributed by atoms with van der Waals surface area (Å²) in [6.45, 7) is 5.58. The lowest BCUT2D eigenvalue weighted by molar-refractivity contribution is -0.140. The van der Waals surface area contributed by atoms with Gasteiger partial charge in [0.1, 0.15) is 11.5 Å². The largest absolute Gasteiger partial charge is 0.507 e. The molecule has 2 aromatic rings. The Kier molecular flexibility index (Phi) is 8.15. The minimum Gasteiger partial charge on any atom is -0.507 e. The van der Waals surface area contributed by atoms with E-state index in [1.54, 1.807) is 55.5 Å². The van der Waals surface area contributed by atoms with Crippen LogP contribution in [0.25, 0.3) is 5.76 Å². The minimum absolute atomic E-state index is 0.0656. The van der Waals surface area contributed by atoms with Crippen molar-refractivity contribution in [1.82, 2.24) is 9.80 Å². The molecular formula is C28H34N2O6. The summed E-state index contributed by atoms with van der Waals surface area (Å²) in [6.07, 6.45) is 3.12. The molecule has 2 fully saturated rings. The van der Waals surface area contributed by atoms with Gasteiger partial charge < -0.3 is 29.1 Å². The van der Waals surface area contributed by atoms with Crippen molar-refractivity contribution in [2.24, 2.45) is 0 Å². The number of Topliss-reactive ketones (excluding diaryl/α,β-unsaturated/α-hetero) is 1. The lowest BCUT2D eigenvalue weighted by Gasteiger charge is -2.28. The highest BCUT2D eigenvalue weighted by molar-refractivity contribution is 6.46. The smallest absolute Gasteiger partial charge is 0.295 e. The number of nitrogens with zero attached hydrogens (tertiary/aromatic N) is 2. The highest BCUT2D eigenvalue weighted by atomic mass is 16.5. The van der Waals surface area contributed by atoms with Crippen LogP contribution in [-0.4, -0.2) is 73.6 Å². The predicted octanol–water partition coefficient (Wildman–Crippen LogP) is 4.01. The van der Waals surface area contributed by atoms with Crippen LogP contribution in [-0.2, 0) is 9.59 Å². The van der Waals surface area contributed by atoms with Crippen LogP contribution in [0.4, 0.5) is 0 Å². The van der Waals surface area contributed by atoms with E-state index in [4.69, 9.17) is 14.2 Å². The van der Waals surface area contributed by atoms with Gasteiger partial charge in [0.15, 0.2) is 11.5 Å². The molecule has 1 N–H and O–H groups in total. The number of methoxy groups -OCH3 is 2. The zero-order chi connectivity index (χ0) is 25.7. The van der Waals surface area contributed by atoms with Gasteiger partial charge in [-0.3, -0.25) is 9.59 Å². The highest BCUT2D eigenvalue weighted by Gasteiger charge is 2.46. The third kappa shape index (κ3) is 5.18. The van der Waals surface area contributed by atoms with Crippen molar-refractivity contribution in [1.29, 1.82) is 0 Å². The fraction of sp³-hybridized carbons (Fsp3) is 0.429. The molecule has 0 spiro atoms. The molecule has 2 heterocycles. The number of likely N-dealkylation sites (tertiary alicyclic amines) is 2. The van der Waals surface area contributed by atoms with Crippen LogP contribution in [0.15, 0.2) is 48.0 Å². The molecule has 1 atom stereocenters. The highest BCUT2D eigenvalue weighted by Crippen LogP contribution is 2.42. The molecule has 2 aliphatic rings. The van der Waals surface area contributed by atoms with Crippen LogP contribution < -0.4 is 14.2 Å². The minimum atomic E-state index is -0.746. The van der Waals surface area contributed by atoms with Crippen molar-refractivity contribution in [3.63, 3.8) is 0 Å². The van der Waals surface area contributed by atoms with Gasteiger partial charge in [-0.15, -0.1) is 0 Å². The molecule has 36 heavy (non-hydrogen) atoms. The summed E-state index contributed by atoms with van der Waals surface area (Å²) >= 11 is 0. The molecule has 2 saturated heterocycles. The lowest BCUT2D eigenvalue weighted by Crippen LogP contribution is -2.37. The molecule has 1 amide bonds. The fourth-order valence-electron chi connectivity index (χ4n) is 4.80. The summed E-state index contributed by atoms with van der Waals surface area (Å²) in [5.41, 5.74) is 1.18. The molecule has 192 valence electrons. The number of aliphatic hydroxyl groups excluding tert-OH is 1. The summed E-state index contributed by atoms with van der Waals surface area (Å²) in [5, 5.41) is 11.3. The number of ketones is 1. The maximum atomic E-state index is 13.3. The number of aliphatic hydroxyl groups is 1. The molecule has 2 aliphatic heterocycles. The van der Waals surface area contributed by atoms with E-state index in [0.29, 0.717) is 48.1 Å². The first-order valence-electron chi connectivity index (χ1n) is 12.4. The molecule has 0 radical (unpaired) electrons. The predicted molar refractivity (Wildman–Crippen MR) is 136 cm³/mol. The Hall–Kier alpha value is -3.52. The van der Waals surface area contributed by atoms with Gasteiger partial charge in [0, 0.05) is 18.7 Å². The molecule has 2 aromatic carbocycles. The van der Waals surface area contributed by atoms with Gasteiger partial charge in [-0.05, 0) is 74.3 Å². The molecule has 4 rings (SSSR count). The Morgan fingerprint density at radius 3 is 2.33 bits per heavy atom. The maximum Gasteiger partial charge on any atom is 0.295 e. The van der Waals surface area contributed by atoms with Crippen LogP contribution in [0, 0.1) is 0 Å². The van der Waals surface area contributed by atoms with Crippen LogP contribution in [0.3, 0.4) is 0 Å². The monoisotopic (exact) mass is 494 g/mol. The van der Waals surface area contributed by atoms with Crippen molar-refractivity contribution in [2.75, 3.05) is 47.0 Å². The second kappa shape index (κ2) is 11.5. The molecule has 0 aliphatic carbocycles. The summed E-state index contributed by atoms with van der Waals surface area (Å²) in [7, 11) is 3.11. The van der Waals surface area contributed by atoms with Crippen molar-refractivity contribution < 1.29 is 28.9 Å². The first-order chi connectivity index (χ1) is 17.5. The molecule has 8 heteroatoms. The van der Waals surface area contributed by atoms with E-state index in [1.807, 2.05) is 13.0 Å². The number of amides is 1. The Labute approximate surface area is 212 Å². The van der Waals surface area contributed by atoms with Gasteiger partial charge in [-0.2, -0.15) is 0 Å². The quantitative estimate of drug-likeness (QED) is 0.303. The lowest BCUT2D eigenvalue weighted by atomic mass is 9.95. The molecule has 8 nitrogen and oxygen atoms in total. The number of ether oxygens (including phenoxy) is 3. The normalized spacial score (nSPS) is 19.6. The second-order valence-corrected chi connectivity index (χ2v) is 9.03. The van der Waals surface area contributed by atoms with E-state index in [9.17, 15) is 14.7 Å². The number of hydrogen-bond acceptors (Lipinski definition) is 7. The summed E-state index contributed by atoms with van der Waals surface area (Å²) in [4.78, 5) is 30.4. The average Bonchev–Trinajstić information content (AvgIpc) is 3.52.